The van der Waals surface area contributed by atoms with E-state index in [1.165, 1.54) is 15.9 Å². The fourth-order valence-corrected chi connectivity index (χ4v) is 9.95. The fraction of sp³-hybridized carbons (Fsp3) is 0.310. The van der Waals surface area contributed by atoms with Gasteiger partial charge in [0.05, 0.1) is 6.61 Å². The normalized spacial score (nSPS) is 15.4. The second kappa shape index (κ2) is 11.9. The Morgan fingerprint density at radius 1 is 0.872 bits per heavy atom. The van der Waals surface area contributed by atoms with Gasteiger partial charge in [-0.1, -0.05) is 112 Å². The molecule has 0 N–H and O–H groups in total. The van der Waals surface area contributed by atoms with Gasteiger partial charge in [0.15, 0.2) is 0 Å². The first-order chi connectivity index (χ1) is 18.5. The van der Waals surface area contributed by atoms with E-state index in [0.29, 0.717) is 12.6 Å². The average molecular weight is 556 g/mol. The van der Waals surface area contributed by atoms with Crippen LogP contribution in [0.5, 0.6) is 0 Å². The molecule has 2 heterocycles. The van der Waals surface area contributed by atoms with E-state index < -0.39 is 15.6 Å². The van der Waals surface area contributed by atoms with Crippen molar-refractivity contribution in [1.82, 2.24) is 9.78 Å². The molecule has 206 valence electrons. The van der Waals surface area contributed by atoms with Crippen molar-refractivity contribution < 1.29 is 26.3 Å². The molecule has 39 heavy (non-hydrogen) atoms. The van der Waals surface area contributed by atoms with Crippen LogP contribution in [0.1, 0.15) is 44.6 Å². The van der Waals surface area contributed by atoms with E-state index in [-0.39, 0.29) is 5.04 Å². The summed E-state index contributed by atoms with van der Waals surface area (Å²) >= 11 is 0. The van der Waals surface area contributed by atoms with Gasteiger partial charge in [-0.25, -0.2) is 4.57 Å². The highest BCUT2D eigenvalue weighted by Gasteiger charge is 2.51. The molecule has 4 nitrogen and oxygen atoms in total. The number of halogens is 4. The second-order valence-electron chi connectivity index (χ2n) is 10.8. The highest BCUT2D eigenvalue weighted by atomic mass is 28.4. The number of hydrogen-bond donors (Lipinski definition) is 0. The molecule has 0 amide bonds. The van der Waals surface area contributed by atoms with Crippen LogP contribution in [0.15, 0.2) is 97.3 Å². The predicted octanol–water partition coefficient (Wildman–Crippen LogP) is 5.58. The summed E-state index contributed by atoms with van der Waals surface area (Å²) in [6, 6.07) is 32.6. The van der Waals surface area contributed by atoms with E-state index in [0.717, 1.165) is 25.2 Å². The quantitative estimate of drug-likeness (QED) is 0.169. The summed E-state index contributed by atoms with van der Waals surface area (Å²) in [6.07, 6.45) is 4.25. The van der Waals surface area contributed by atoms with Gasteiger partial charge in [-0.15, -0.1) is 4.68 Å². The van der Waals surface area contributed by atoms with Crippen molar-refractivity contribution in [3.05, 3.63) is 109 Å². The third-order valence-corrected chi connectivity index (χ3v) is 12.0. The molecule has 0 bridgehead atoms. The molecule has 0 unspecified atom stereocenters. The van der Waals surface area contributed by atoms with Gasteiger partial charge in [0, 0.05) is 11.5 Å². The van der Waals surface area contributed by atoms with Crippen molar-refractivity contribution in [3.8, 4) is 0 Å². The SMILES string of the molecule is CC(C)(C)[Si](OC[C@H]1CCc2nn(Cc3ccccc3)c[n+]21)(c1ccccc1)c1ccccc1.F[B-](F)(F)F. The summed E-state index contributed by atoms with van der Waals surface area (Å²) in [5, 5.41) is 7.53. The molecule has 1 aromatic heterocycles. The molecule has 0 radical (unpaired) electrons. The molecular weight excluding hydrogens is 521 g/mol. The van der Waals surface area contributed by atoms with E-state index in [2.05, 4.69) is 127 Å². The predicted molar refractivity (Wildman–Crippen MR) is 149 cm³/mol. The van der Waals surface area contributed by atoms with Gasteiger partial charge < -0.3 is 21.7 Å². The average Bonchev–Trinajstić information content (AvgIpc) is 3.45. The van der Waals surface area contributed by atoms with Gasteiger partial charge in [-0.3, -0.25) is 0 Å². The first kappa shape index (κ1) is 28.8. The van der Waals surface area contributed by atoms with Crippen molar-refractivity contribution in [3.63, 3.8) is 0 Å². The van der Waals surface area contributed by atoms with Gasteiger partial charge >= 0.3 is 7.25 Å². The topological polar surface area (TPSA) is 30.9 Å². The summed E-state index contributed by atoms with van der Waals surface area (Å²) in [4.78, 5) is 0. The molecule has 0 spiro atoms. The monoisotopic (exact) mass is 555 g/mol. The van der Waals surface area contributed by atoms with Crippen LogP contribution in [0.4, 0.5) is 17.3 Å². The summed E-state index contributed by atoms with van der Waals surface area (Å²) < 4.78 is 50.6. The molecular formula is C29H34BF4N3OSi. The van der Waals surface area contributed by atoms with Crippen LogP contribution in [0, 0.1) is 0 Å². The lowest BCUT2D eigenvalue weighted by atomic mass is 10.2. The van der Waals surface area contributed by atoms with Gasteiger partial charge in [0.2, 0.25) is 6.33 Å². The van der Waals surface area contributed by atoms with Gasteiger partial charge in [-0.2, -0.15) is 0 Å². The molecule has 1 atom stereocenters. The van der Waals surface area contributed by atoms with Crippen molar-refractivity contribution in [2.75, 3.05) is 6.61 Å². The number of aryl methyl sites for hydroxylation is 1. The van der Waals surface area contributed by atoms with Crippen LogP contribution in [0.3, 0.4) is 0 Å². The van der Waals surface area contributed by atoms with E-state index in [4.69, 9.17) is 9.52 Å². The Morgan fingerprint density at radius 2 is 1.36 bits per heavy atom. The van der Waals surface area contributed by atoms with Crippen LogP contribution >= 0.6 is 0 Å². The Bertz CT molecular complexity index is 1280. The van der Waals surface area contributed by atoms with Crippen LogP contribution in [0.2, 0.25) is 5.04 Å². The molecule has 0 fully saturated rings. The standard InChI is InChI=1S/C29H34N3OSi.BF4/c1-29(2,3)34(26-15-9-5-10-16-26,27-17-11-6-12-18-27)33-22-25-19-20-28-30-31(23-32(25)28)21-24-13-7-4-8-14-24;2-1(3,4)5/h4-18,23,25H,19-22H2,1-3H3;/q+1;-1/t25-;/m1./s1. The lowest BCUT2D eigenvalue weighted by Gasteiger charge is -2.43. The number of aromatic nitrogens is 3. The van der Waals surface area contributed by atoms with E-state index in [1.807, 2.05) is 0 Å². The minimum Gasteiger partial charge on any atom is -0.418 e. The van der Waals surface area contributed by atoms with E-state index >= 15 is 0 Å². The molecule has 1 aliphatic rings. The molecule has 0 saturated carbocycles. The maximum atomic E-state index is 9.75. The molecule has 4 aromatic rings. The summed E-state index contributed by atoms with van der Waals surface area (Å²) in [5.74, 6) is 1.16. The maximum absolute atomic E-state index is 9.75. The van der Waals surface area contributed by atoms with Gasteiger partial charge in [0.25, 0.3) is 14.1 Å². The first-order valence-corrected chi connectivity index (χ1v) is 15.0. The minimum absolute atomic E-state index is 0.0146. The molecule has 1 aliphatic heterocycles. The molecule has 0 saturated heterocycles. The highest BCUT2D eigenvalue weighted by Crippen LogP contribution is 2.37. The fourth-order valence-electron chi connectivity index (χ4n) is 5.35. The van der Waals surface area contributed by atoms with Crippen molar-refractivity contribution in [2.24, 2.45) is 0 Å². The summed E-state index contributed by atoms with van der Waals surface area (Å²) in [7, 11) is -8.53. The number of fused-ring (bicyclic) bond motifs is 1. The van der Waals surface area contributed by atoms with E-state index in [1.54, 1.807) is 0 Å². The first-order valence-electron chi connectivity index (χ1n) is 13.1. The van der Waals surface area contributed by atoms with Crippen molar-refractivity contribution >= 4 is 25.9 Å². The van der Waals surface area contributed by atoms with Crippen LogP contribution in [0.25, 0.3) is 0 Å². The second-order valence-corrected chi connectivity index (χ2v) is 15.1. The lowest BCUT2D eigenvalue weighted by Crippen LogP contribution is -2.67. The Hall–Kier alpha value is -3.24. The molecule has 3 aromatic carbocycles. The molecule has 5 rings (SSSR count). The van der Waals surface area contributed by atoms with Crippen molar-refractivity contribution in [2.45, 2.75) is 51.2 Å². The van der Waals surface area contributed by atoms with Gasteiger partial charge in [0.1, 0.15) is 12.6 Å². The Labute approximate surface area is 228 Å². The van der Waals surface area contributed by atoms with Gasteiger partial charge in [-0.05, 0) is 27.4 Å². The minimum atomic E-state index is -6.00. The largest absolute Gasteiger partial charge is 0.673 e. The number of rotatable bonds is 7. The zero-order valence-corrected chi connectivity index (χ0v) is 23.5. The maximum Gasteiger partial charge on any atom is 0.673 e. The lowest BCUT2D eigenvalue weighted by molar-refractivity contribution is -0.718. The Balaban J connectivity index is 0.000000648. The summed E-state index contributed by atoms with van der Waals surface area (Å²) in [5.41, 5.74) is 1.27. The summed E-state index contributed by atoms with van der Waals surface area (Å²) in [6.45, 7) is 8.50. The smallest absolute Gasteiger partial charge is 0.418 e. The Morgan fingerprint density at radius 3 is 1.85 bits per heavy atom. The van der Waals surface area contributed by atoms with Crippen LogP contribution in [-0.4, -0.2) is 32.0 Å². The third-order valence-electron chi connectivity index (χ3n) is 6.99. The zero-order chi connectivity index (χ0) is 28.1. The zero-order valence-electron chi connectivity index (χ0n) is 22.5. The Kier molecular flexibility index (Phi) is 8.76. The molecule has 0 aliphatic carbocycles. The number of benzene rings is 3. The van der Waals surface area contributed by atoms with Crippen molar-refractivity contribution in [1.29, 1.82) is 0 Å². The molecule has 10 heteroatoms. The highest BCUT2D eigenvalue weighted by molar-refractivity contribution is 6.99. The van der Waals surface area contributed by atoms with Crippen LogP contribution < -0.4 is 14.9 Å². The number of nitrogens with zero attached hydrogens (tertiary/aromatic N) is 3. The number of hydrogen-bond acceptors (Lipinski definition) is 2. The third kappa shape index (κ3) is 7.05. The van der Waals surface area contributed by atoms with Crippen LogP contribution in [-0.2, 0) is 17.4 Å². The van der Waals surface area contributed by atoms with E-state index in [9.17, 15) is 17.3 Å².